The molecule has 98 valence electrons. The molecule has 0 fully saturated rings. The van der Waals surface area contributed by atoms with Crippen LogP contribution in [0, 0.1) is 0 Å². The van der Waals surface area contributed by atoms with Crippen LogP contribution in [-0.4, -0.2) is 14.8 Å². The first kappa shape index (κ1) is 11.8. The first-order valence-electron chi connectivity index (χ1n) is 6.24. The number of fused-ring (bicyclic) bond motifs is 1. The van der Waals surface area contributed by atoms with Crippen molar-refractivity contribution in [3.63, 3.8) is 0 Å². The maximum atomic E-state index is 5.99. The summed E-state index contributed by atoms with van der Waals surface area (Å²) in [5.41, 5.74) is 9.56. The lowest BCUT2D eigenvalue weighted by Crippen LogP contribution is -1.97. The Morgan fingerprint density at radius 3 is 2.74 bits per heavy atom. The molecule has 0 aliphatic rings. The zero-order valence-electron chi connectivity index (χ0n) is 11.2. The van der Waals surface area contributed by atoms with Crippen LogP contribution < -0.4 is 5.73 Å². The van der Waals surface area contributed by atoms with E-state index in [0.29, 0.717) is 5.82 Å². The second kappa shape index (κ2) is 4.12. The minimum absolute atomic E-state index is 0.277. The Morgan fingerprint density at radius 1 is 1.32 bits per heavy atom. The van der Waals surface area contributed by atoms with Crippen molar-refractivity contribution >= 4 is 16.9 Å². The van der Waals surface area contributed by atoms with E-state index in [0.717, 1.165) is 28.1 Å². The molecule has 0 spiro atoms. The van der Waals surface area contributed by atoms with Gasteiger partial charge in [0.15, 0.2) is 11.5 Å². The number of nitrogens with zero attached hydrogens (tertiary/aromatic N) is 3. The van der Waals surface area contributed by atoms with E-state index in [1.54, 1.807) is 10.9 Å². The fourth-order valence-electron chi connectivity index (χ4n) is 2.03. The van der Waals surface area contributed by atoms with E-state index in [1.165, 1.54) is 0 Å². The lowest BCUT2D eigenvalue weighted by Gasteiger charge is -2.00. The van der Waals surface area contributed by atoms with Crippen molar-refractivity contribution in [1.29, 1.82) is 0 Å². The molecule has 2 aromatic heterocycles. The van der Waals surface area contributed by atoms with Crippen molar-refractivity contribution in [2.75, 3.05) is 5.73 Å². The molecule has 3 aromatic rings. The molecule has 0 aliphatic carbocycles. The number of oxazole rings is 1. The van der Waals surface area contributed by atoms with E-state index in [1.807, 2.05) is 25.2 Å². The molecule has 0 amide bonds. The highest BCUT2D eigenvalue weighted by atomic mass is 16.3. The fourth-order valence-corrected chi connectivity index (χ4v) is 2.03. The Kier molecular flexibility index (Phi) is 2.55. The summed E-state index contributed by atoms with van der Waals surface area (Å²) in [7, 11) is 1.82. The second-order valence-electron chi connectivity index (χ2n) is 4.96. The average molecular weight is 256 g/mol. The Morgan fingerprint density at radius 2 is 2.11 bits per heavy atom. The van der Waals surface area contributed by atoms with Crippen molar-refractivity contribution in [2.45, 2.75) is 19.8 Å². The molecular formula is C14H16N4O. The number of aromatic nitrogens is 3. The molecule has 3 rings (SSSR count). The van der Waals surface area contributed by atoms with Crippen LogP contribution in [0.4, 0.5) is 5.82 Å². The SMILES string of the molecule is CC(C)c1nc2cc(-c3cnn(C)c3N)ccc2o1. The number of nitrogen functional groups attached to an aromatic ring is 1. The van der Waals surface area contributed by atoms with E-state index < -0.39 is 0 Å². The number of hydrogen-bond acceptors (Lipinski definition) is 4. The molecule has 0 unspecified atom stereocenters. The third kappa shape index (κ3) is 1.87. The Bertz CT molecular complexity index is 739. The van der Waals surface area contributed by atoms with Gasteiger partial charge < -0.3 is 10.2 Å². The summed E-state index contributed by atoms with van der Waals surface area (Å²) in [4.78, 5) is 4.50. The third-order valence-corrected chi connectivity index (χ3v) is 3.19. The van der Waals surface area contributed by atoms with Crippen molar-refractivity contribution < 1.29 is 4.42 Å². The topological polar surface area (TPSA) is 69.9 Å². The highest BCUT2D eigenvalue weighted by molar-refractivity contribution is 5.83. The summed E-state index contributed by atoms with van der Waals surface area (Å²) >= 11 is 0. The molecular weight excluding hydrogens is 240 g/mol. The molecule has 0 radical (unpaired) electrons. The lowest BCUT2D eigenvalue weighted by atomic mass is 10.1. The van der Waals surface area contributed by atoms with Gasteiger partial charge in [-0.15, -0.1) is 0 Å². The number of aryl methyl sites for hydroxylation is 1. The second-order valence-corrected chi connectivity index (χ2v) is 4.96. The number of hydrogen-bond donors (Lipinski definition) is 1. The first-order chi connectivity index (χ1) is 9.06. The van der Waals surface area contributed by atoms with Gasteiger partial charge in [-0.05, 0) is 17.7 Å². The van der Waals surface area contributed by atoms with Gasteiger partial charge in [0.1, 0.15) is 11.3 Å². The molecule has 5 nitrogen and oxygen atoms in total. The van der Waals surface area contributed by atoms with Crippen molar-refractivity contribution in [3.8, 4) is 11.1 Å². The van der Waals surface area contributed by atoms with Crippen LogP contribution in [-0.2, 0) is 7.05 Å². The summed E-state index contributed by atoms with van der Waals surface area (Å²) < 4.78 is 7.35. The highest BCUT2D eigenvalue weighted by Gasteiger charge is 2.12. The maximum Gasteiger partial charge on any atom is 0.198 e. The summed E-state index contributed by atoms with van der Waals surface area (Å²) in [6, 6.07) is 5.89. The average Bonchev–Trinajstić information content (AvgIpc) is 2.94. The van der Waals surface area contributed by atoms with Crippen LogP contribution in [0.15, 0.2) is 28.8 Å². The van der Waals surface area contributed by atoms with Crippen molar-refractivity contribution in [3.05, 3.63) is 30.3 Å². The Balaban J connectivity index is 2.13. The molecule has 0 saturated carbocycles. The number of anilines is 1. The standard InChI is InChI=1S/C14H16N4O/c1-8(2)14-17-11-6-9(4-5-12(11)19-14)10-7-16-18(3)13(10)15/h4-8H,15H2,1-3H3. The monoisotopic (exact) mass is 256 g/mol. The van der Waals surface area contributed by atoms with Crippen LogP contribution >= 0.6 is 0 Å². The lowest BCUT2D eigenvalue weighted by molar-refractivity contribution is 0.501. The molecule has 5 heteroatoms. The predicted octanol–water partition coefficient (Wildman–Crippen LogP) is 2.93. The molecule has 0 bridgehead atoms. The minimum Gasteiger partial charge on any atom is -0.440 e. The summed E-state index contributed by atoms with van der Waals surface area (Å²) in [6.07, 6.45) is 1.76. The van der Waals surface area contributed by atoms with Gasteiger partial charge in [-0.2, -0.15) is 5.10 Å². The molecule has 0 saturated heterocycles. The fraction of sp³-hybridized carbons (Fsp3) is 0.286. The van der Waals surface area contributed by atoms with E-state index in [-0.39, 0.29) is 5.92 Å². The molecule has 19 heavy (non-hydrogen) atoms. The first-order valence-corrected chi connectivity index (χ1v) is 6.24. The van der Waals surface area contributed by atoms with Gasteiger partial charge >= 0.3 is 0 Å². The van der Waals surface area contributed by atoms with Gasteiger partial charge in [0, 0.05) is 18.5 Å². The quantitative estimate of drug-likeness (QED) is 0.765. The highest BCUT2D eigenvalue weighted by Crippen LogP contribution is 2.29. The summed E-state index contributed by atoms with van der Waals surface area (Å²) in [6.45, 7) is 4.12. The van der Waals surface area contributed by atoms with Gasteiger partial charge in [0.2, 0.25) is 0 Å². The van der Waals surface area contributed by atoms with Gasteiger partial charge in [-0.25, -0.2) is 4.98 Å². The largest absolute Gasteiger partial charge is 0.440 e. The van der Waals surface area contributed by atoms with Crippen LogP contribution in [0.25, 0.3) is 22.2 Å². The van der Waals surface area contributed by atoms with Crippen molar-refractivity contribution in [2.24, 2.45) is 7.05 Å². The summed E-state index contributed by atoms with van der Waals surface area (Å²) in [5.74, 6) is 1.68. The van der Waals surface area contributed by atoms with Crippen LogP contribution in [0.2, 0.25) is 0 Å². The van der Waals surface area contributed by atoms with E-state index in [4.69, 9.17) is 10.2 Å². The van der Waals surface area contributed by atoms with E-state index >= 15 is 0 Å². The number of nitrogens with two attached hydrogens (primary N) is 1. The van der Waals surface area contributed by atoms with Gasteiger partial charge in [0.25, 0.3) is 0 Å². The Hall–Kier alpha value is -2.30. The van der Waals surface area contributed by atoms with Gasteiger partial charge in [-0.1, -0.05) is 19.9 Å². The molecule has 2 heterocycles. The van der Waals surface area contributed by atoms with E-state index in [9.17, 15) is 0 Å². The zero-order chi connectivity index (χ0) is 13.6. The normalized spacial score (nSPS) is 11.6. The predicted molar refractivity (Wildman–Crippen MR) is 74.7 cm³/mol. The molecule has 1 aromatic carbocycles. The van der Waals surface area contributed by atoms with Crippen molar-refractivity contribution in [1.82, 2.24) is 14.8 Å². The third-order valence-electron chi connectivity index (χ3n) is 3.19. The molecule has 0 atom stereocenters. The minimum atomic E-state index is 0.277. The van der Waals surface area contributed by atoms with Crippen LogP contribution in [0.1, 0.15) is 25.7 Å². The van der Waals surface area contributed by atoms with Gasteiger partial charge in [0.05, 0.1) is 6.20 Å². The molecule has 2 N–H and O–H groups in total. The maximum absolute atomic E-state index is 5.99. The number of benzene rings is 1. The Labute approximate surface area is 111 Å². The zero-order valence-corrected chi connectivity index (χ0v) is 11.2. The smallest absolute Gasteiger partial charge is 0.198 e. The van der Waals surface area contributed by atoms with Crippen LogP contribution in [0.3, 0.4) is 0 Å². The van der Waals surface area contributed by atoms with Gasteiger partial charge in [-0.3, -0.25) is 4.68 Å². The molecule has 0 aliphatic heterocycles. The van der Waals surface area contributed by atoms with E-state index in [2.05, 4.69) is 23.9 Å². The number of rotatable bonds is 2. The van der Waals surface area contributed by atoms with Crippen LogP contribution in [0.5, 0.6) is 0 Å². The summed E-state index contributed by atoms with van der Waals surface area (Å²) in [5, 5.41) is 4.15.